The van der Waals surface area contributed by atoms with E-state index in [0.29, 0.717) is 23.9 Å². The molecule has 0 radical (unpaired) electrons. The van der Waals surface area contributed by atoms with Crippen molar-refractivity contribution in [3.63, 3.8) is 0 Å². The summed E-state index contributed by atoms with van der Waals surface area (Å²) < 4.78 is 0. The fourth-order valence-electron chi connectivity index (χ4n) is 4.08. The zero-order chi connectivity index (χ0) is 14.5. The molecule has 2 N–H and O–H groups in total. The molecule has 3 nitrogen and oxygen atoms in total. The number of nitrogens with zero attached hydrogens (tertiary/aromatic N) is 1. The van der Waals surface area contributed by atoms with Crippen molar-refractivity contribution in [2.45, 2.75) is 83.7 Å². The molecule has 4 unspecified atom stereocenters. The lowest BCUT2D eigenvalue weighted by Gasteiger charge is -2.36. The first-order chi connectivity index (χ1) is 9.63. The summed E-state index contributed by atoms with van der Waals surface area (Å²) in [5.41, 5.74) is 6.10. The Labute approximate surface area is 124 Å². The summed E-state index contributed by atoms with van der Waals surface area (Å²) in [6, 6.07) is 0.791. The monoisotopic (exact) mass is 280 g/mol. The molecule has 0 aromatic rings. The largest absolute Gasteiger partial charge is 0.339 e. The van der Waals surface area contributed by atoms with Crippen LogP contribution in [0.4, 0.5) is 0 Å². The maximum absolute atomic E-state index is 12.9. The quantitative estimate of drug-likeness (QED) is 0.862. The number of amides is 1. The highest BCUT2D eigenvalue weighted by atomic mass is 16.2. The van der Waals surface area contributed by atoms with Gasteiger partial charge in [-0.15, -0.1) is 0 Å². The Morgan fingerprint density at radius 1 is 1.20 bits per heavy atom. The van der Waals surface area contributed by atoms with Crippen molar-refractivity contribution in [1.29, 1.82) is 0 Å². The van der Waals surface area contributed by atoms with Gasteiger partial charge in [-0.2, -0.15) is 0 Å². The molecule has 0 spiro atoms. The Morgan fingerprint density at radius 2 is 2.00 bits per heavy atom. The molecule has 3 heteroatoms. The third-order valence-corrected chi connectivity index (χ3v) is 5.48. The maximum atomic E-state index is 12.9. The van der Waals surface area contributed by atoms with Crippen molar-refractivity contribution in [1.82, 2.24) is 4.90 Å². The Morgan fingerprint density at radius 3 is 2.70 bits per heavy atom. The normalized spacial score (nSPS) is 33.5. The molecule has 1 heterocycles. The van der Waals surface area contributed by atoms with Crippen molar-refractivity contribution in [3.05, 3.63) is 0 Å². The van der Waals surface area contributed by atoms with Crippen molar-refractivity contribution in [3.8, 4) is 0 Å². The number of carbonyl (C=O) groups is 1. The van der Waals surface area contributed by atoms with Gasteiger partial charge in [-0.3, -0.25) is 4.79 Å². The zero-order valence-electron chi connectivity index (χ0n) is 13.3. The van der Waals surface area contributed by atoms with Crippen LogP contribution in [0.3, 0.4) is 0 Å². The van der Waals surface area contributed by atoms with Crippen LogP contribution in [0.25, 0.3) is 0 Å². The van der Waals surface area contributed by atoms with Gasteiger partial charge in [-0.25, -0.2) is 0 Å². The molecular formula is C17H32N2O. The second-order valence-electron chi connectivity index (χ2n) is 6.92. The summed E-state index contributed by atoms with van der Waals surface area (Å²) in [4.78, 5) is 15.1. The van der Waals surface area contributed by atoms with E-state index in [0.717, 1.165) is 25.8 Å². The first-order valence-corrected chi connectivity index (χ1v) is 8.69. The van der Waals surface area contributed by atoms with E-state index in [-0.39, 0.29) is 5.92 Å². The Balaban J connectivity index is 2.00. The molecule has 2 rings (SSSR count). The first kappa shape index (κ1) is 15.8. The molecule has 0 bridgehead atoms. The van der Waals surface area contributed by atoms with E-state index in [1.807, 2.05) is 0 Å². The molecule has 2 aliphatic rings. The topological polar surface area (TPSA) is 46.3 Å². The maximum Gasteiger partial charge on any atom is 0.225 e. The fourth-order valence-corrected chi connectivity index (χ4v) is 4.08. The number of hydrogen-bond donors (Lipinski definition) is 1. The number of carbonyl (C=O) groups excluding carboxylic acids is 1. The second-order valence-corrected chi connectivity index (χ2v) is 6.92. The average Bonchev–Trinajstić information content (AvgIpc) is 2.70. The van der Waals surface area contributed by atoms with Crippen LogP contribution in [-0.4, -0.2) is 29.4 Å². The molecule has 2 fully saturated rings. The van der Waals surface area contributed by atoms with Gasteiger partial charge in [-0.1, -0.05) is 33.1 Å². The van der Waals surface area contributed by atoms with E-state index in [2.05, 4.69) is 18.7 Å². The van der Waals surface area contributed by atoms with Gasteiger partial charge >= 0.3 is 0 Å². The lowest BCUT2D eigenvalue weighted by molar-refractivity contribution is -0.139. The average molecular weight is 280 g/mol. The smallest absolute Gasteiger partial charge is 0.225 e. The summed E-state index contributed by atoms with van der Waals surface area (Å²) in [7, 11) is 0. The van der Waals surface area contributed by atoms with Crippen LogP contribution in [0.5, 0.6) is 0 Å². The number of hydrogen-bond acceptors (Lipinski definition) is 2. The van der Waals surface area contributed by atoms with Crippen LogP contribution in [0, 0.1) is 11.8 Å². The van der Waals surface area contributed by atoms with Gasteiger partial charge in [0, 0.05) is 24.5 Å². The number of rotatable bonds is 3. The lowest BCUT2D eigenvalue weighted by atomic mass is 9.78. The Bertz CT molecular complexity index is 318. The van der Waals surface area contributed by atoms with Gasteiger partial charge in [0.15, 0.2) is 0 Å². The predicted octanol–water partition coefficient (Wildman–Crippen LogP) is 3.32. The highest BCUT2D eigenvalue weighted by molar-refractivity contribution is 5.79. The van der Waals surface area contributed by atoms with Crippen LogP contribution in [-0.2, 0) is 4.79 Å². The highest BCUT2D eigenvalue weighted by Crippen LogP contribution is 2.32. The second kappa shape index (κ2) is 7.44. The third kappa shape index (κ3) is 3.75. The predicted molar refractivity (Wildman–Crippen MR) is 83.4 cm³/mol. The van der Waals surface area contributed by atoms with Crippen molar-refractivity contribution >= 4 is 5.91 Å². The van der Waals surface area contributed by atoms with Crippen LogP contribution < -0.4 is 5.73 Å². The molecule has 20 heavy (non-hydrogen) atoms. The Kier molecular flexibility index (Phi) is 5.88. The van der Waals surface area contributed by atoms with Crippen LogP contribution >= 0.6 is 0 Å². The van der Waals surface area contributed by atoms with Crippen LogP contribution in [0.1, 0.15) is 71.6 Å². The van der Waals surface area contributed by atoms with Gasteiger partial charge in [0.1, 0.15) is 0 Å². The third-order valence-electron chi connectivity index (χ3n) is 5.48. The molecule has 1 aliphatic heterocycles. The van der Waals surface area contributed by atoms with Gasteiger partial charge in [-0.05, 0) is 44.4 Å². The molecule has 1 saturated heterocycles. The van der Waals surface area contributed by atoms with Crippen molar-refractivity contribution in [2.75, 3.05) is 6.54 Å². The molecular weight excluding hydrogens is 248 g/mol. The molecule has 116 valence electrons. The summed E-state index contributed by atoms with van der Waals surface area (Å²) in [6.45, 7) is 5.33. The fraction of sp³-hybridized carbons (Fsp3) is 0.941. The minimum Gasteiger partial charge on any atom is -0.339 e. The minimum atomic E-state index is 0.161. The first-order valence-electron chi connectivity index (χ1n) is 8.69. The summed E-state index contributed by atoms with van der Waals surface area (Å²) in [5.74, 6) is 1.07. The number of likely N-dealkylation sites (tertiary alicyclic amines) is 1. The van der Waals surface area contributed by atoms with Gasteiger partial charge in [0.25, 0.3) is 0 Å². The zero-order valence-corrected chi connectivity index (χ0v) is 13.3. The van der Waals surface area contributed by atoms with Crippen molar-refractivity contribution < 1.29 is 4.79 Å². The van der Waals surface area contributed by atoms with Crippen molar-refractivity contribution in [2.24, 2.45) is 17.6 Å². The van der Waals surface area contributed by atoms with Gasteiger partial charge in [0.05, 0.1) is 0 Å². The molecule has 1 saturated carbocycles. The Hall–Kier alpha value is -0.570. The standard InChI is InChI=1S/C17H32N2O/c1-3-16-10-5-4-6-11-19(16)17(20)13(2)14-8-7-9-15(18)12-14/h13-16H,3-12,18H2,1-2H3. The van der Waals surface area contributed by atoms with E-state index in [1.54, 1.807) is 0 Å². The lowest BCUT2D eigenvalue weighted by Crippen LogP contribution is -2.45. The van der Waals surface area contributed by atoms with E-state index in [1.165, 1.54) is 38.5 Å². The van der Waals surface area contributed by atoms with E-state index < -0.39 is 0 Å². The van der Waals surface area contributed by atoms with Crippen LogP contribution in [0.2, 0.25) is 0 Å². The summed E-state index contributed by atoms with van der Waals surface area (Å²) >= 11 is 0. The summed E-state index contributed by atoms with van der Waals surface area (Å²) in [6.07, 6.45) is 10.6. The van der Waals surface area contributed by atoms with Crippen LogP contribution in [0.15, 0.2) is 0 Å². The summed E-state index contributed by atoms with van der Waals surface area (Å²) in [5, 5.41) is 0. The molecule has 1 amide bonds. The number of nitrogens with two attached hydrogens (primary N) is 1. The van der Waals surface area contributed by atoms with E-state index in [9.17, 15) is 4.79 Å². The van der Waals surface area contributed by atoms with E-state index in [4.69, 9.17) is 5.73 Å². The van der Waals surface area contributed by atoms with E-state index >= 15 is 0 Å². The SMILES string of the molecule is CCC1CCCCCN1C(=O)C(C)C1CCCC(N)C1. The van der Waals surface area contributed by atoms with Gasteiger partial charge < -0.3 is 10.6 Å². The molecule has 4 atom stereocenters. The minimum absolute atomic E-state index is 0.161. The molecule has 0 aromatic carbocycles. The molecule has 0 aromatic heterocycles. The van der Waals surface area contributed by atoms with Gasteiger partial charge in [0.2, 0.25) is 5.91 Å². The highest BCUT2D eigenvalue weighted by Gasteiger charge is 2.33. The molecule has 1 aliphatic carbocycles.